The highest BCUT2D eigenvalue weighted by Gasteiger charge is 2.19. The Morgan fingerprint density at radius 3 is 2.58 bits per heavy atom. The van der Waals surface area contributed by atoms with Crippen LogP contribution in [0.25, 0.3) is 0 Å². The third-order valence-corrected chi connectivity index (χ3v) is 1.34. The monoisotopic (exact) mass is 179 g/mol. The van der Waals surface area contributed by atoms with Gasteiger partial charge in [-0.25, -0.2) is 8.78 Å². The average Bonchev–Trinajstić information content (AvgIpc) is 1.96. The molecule has 0 atom stereocenters. The summed E-state index contributed by atoms with van der Waals surface area (Å²) in [5, 5.41) is 2.70. The number of nitrogens with zero attached hydrogens (tertiary/aromatic N) is 1. The van der Waals surface area contributed by atoms with Crippen LogP contribution in [-0.2, 0) is 0 Å². The van der Waals surface area contributed by atoms with Gasteiger partial charge in [-0.2, -0.15) is 0 Å². The smallest absolute Gasteiger partial charge is 0.245 e. The Bertz CT molecular complexity index is 151. The molecule has 0 aromatic heterocycles. The lowest BCUT2D eigenvalue weighted by Gasteiger charge is -2.09. The number of halogens is 2. The van der Waals surface area contributed by atoms with Crippen molar-refractivity contribution in [2.24, 2.45) is 10.7 Å². The first kappa shape index (κ1) is 11.1. The fraction of sp³-hybridized carbons (Fsp3) is 0.857. The maximum atomic E-state index is 12.2. The molecule has 0 bridgehead atoms. The van der Waals surface area contributed by atoms with Crippen LogP contribution in [0.15, 0.2) is 4.99 Å². The van der Waals surface area contributed by atoms with Gasteiger partial charge in [0.05, 0.1) is 0 Å². The van der Waals surface area contributed by atoms with Crippen LogP contribution in [0.3, 0.4) is 0 Å². The highest BCUT2D eigenvalue weighted by atomic mass is 19.3. The quantitative estimate of drug-likeness (QED) is 0.383. The van der Waals surface area contributed by atoms with Gasteiger partial charge in [0.2, 0.25) is 5.92 Å². The lowest BCUT2D eigenvalue weighted by atomic mass is 10.2. The first-order chi connectivity index (χ1) is 5.45. The van der Waals surface area contributed by atoms with E-state index in [1.165, 1.54) is 7.05 Å². The summed E-state index contributed by atoms with van der Waals surface area (Å²) in [5.74, 6) is -2.30. The molecule has 0 saturated carbocycles. The minimum absolute atomic E-state index is 0.128. The summed E-state index contributed by atoms with van der Waals surface area (Å²) in [6, 6.07) is 0. The Labute approximate surface area is 71.0 Å². The molecule has 0 radical (unpaired) electrons. The molecule has 0 unspecified atom stereocenters. The molecule has 0 rings (SSSR count). The van der Waals surface area contributed by atoms with Crippen LogP contribution in [0.4, 0.5) is 8.78 Å². The van der Waals surface area contributed by atoms with Crippen molar-refractivity contribution in [2.75, 3.05) is 13.6 Å². The van der Waals surface area contributed by atoms with Gasteiger partial charge in [0.15, 0.2) is 5.96 Å². The van der Waals surface area contributed by atoms with Gasteiger partial charge in [-0.1, -0.05) is 0 Å². The normalized spacial score (nSPS) is 13.2. The predicted octanol–water partition coefficient (Wildman–Crippen LogP) is 0.956. The van der Waals surface area contributed by atoms with E-state index in [4.69, 9.17) is 5.73 Å². The van der Waals surface area contributed by atoms with Gasteiger partial charge in [0, 0.05) is 20.0 Å². The summed E-state index contributed by atoms with van der Waals surface area (Å²) in [4.78, 5) is 3.62. The number of hydrogen-bond acceptors (Lipinski definition) is 1. The number of nitrogens with one attached hydrogen (secondary N) is 1. The second-order valence-electron chi connectivity index (χ2n) is 2.71. The molecule has 0 heterocycles. The molecule has 0 aliphatic rings. The second-order valence-corrected chi connectivity index (χ2v) is 2.71. The first-order valence-electron chi connectivity index (χ1n) is 3.79. The number of guanidine groups is 1. The molecule has 0 aromatic rings. The minimum Gasteiger partial charge on any atom is -0.370 e. The minimum atomic E-state index is -2.58. The number of hydrogen-bond donors (Lipinski definition) is 2. The molecular weight excluding hydrogens is 164 g/mol. The molecule has 0 spiro atoms. The lowest BCUT2D eigenvalue weighted by molar-refractivity contribution is 0.0114. The molecule has 3 N–H and O–H groups in total. The van der Waals surface area contributed by atoms with E-state index in [1.54, 1.807) is 0 Å². The van der Waals surface area contributed by atoms with Crippen molar-refractivity contribution in [3.63, 3.8) is 0 Å². The van der Waals surface area contributed by atoms with Crippen molar-refractivity contribution < 1.29 is 8.78 Å². The zero-order valence-electron chi connectivity index (χ0n) is 7.40. The van der Waals surface area contributed by atoms with Crippen molar-refractivity contribution in [3.05, 3.63) is 0 Å². The van der Waals surface area contributed by atoms with E-state index in [0.717, 1.165) is 6.92 Å². The van der Waals surface area contributed by atoms with Gasteiger partial charge in [-0.3, -0.25) is 4.99 Å². The Morgan fingerprint density at radius 1 is 1.58 bits per heavy atom. The molecular formula is C7H15F2N3. The Hall–Kier alpha value is -0.870. The third kappa shape index (κ3) is 7.24. The molecule has 5 heteroatoms. The van der Waals surface area contributed by atoms with Gasteiger partial charge < -0.3 is 11.1 Å². The van der Waals surface area contributed by atoms with E-state index < -0.39 is 5.92 Å². The largest absolute Gasteiger partial charge is 0.370 e. The van der Waals surface area contributed by atoms with E-state index in [1.807, 2.05) is 0 Å². The van der Waals surface area contributed by atoms with Crippen LogP contribution in [0, 0.1) is 0 Å². The van der Waals surface area contributed by atoms with Gasteiger partial charge in [0.1, 0.15) is 0 Å². The highest BCUT2D eigenvalue weighted by Crippen LogP contribution is 2.17. The second kappa shape index (κ2) is 4.90. The van der Waals surface area contributed by atoms with E-state index in [2.05, 4.69) is 10.3 Å². The van der Waals surface area contributed by atoms with Gasteiger partial charge in [-0.15, -0.1) is 0 Å². The molecule has 0 saturated heterocycles. The summed E-state index contributed by atoms with van der Waals surface area (Å²) in [7, 11) is 1.54. The van der Waals surface area contributed by atoms with Crippen LogP contribution in [0.2, 0.25) is 0 Å². The van der Waals surface area contributed by atoms with Gasteiger partial charge in [0.25, 0.3) is 0 Å². The Morgan fingerprint density at radius 2 is 2.17 bits per heavy atom. The Balaban J connectivity index is 3.34. The number of rotatable bonds is 4. The summed E-state index contributed by atoms with van der Waals surface area (Å²) in [5.41, 5.74) is 5.27. The van der Waals surface area contributed by atoms with Crippen molar-refractivity contribution in [1.82, 2.24) is 5.32 Å². The maximum Gasteiger partial charge on any atom is 0.245 e. The third-order valence-electron chi connectivity index (χ3n) is 1.34. The van der Waals surface area contributed by atoms with E-state index in [9.17, 15) is 8.78 Å². The molecule has 0 aliphatic heterocycles. The summed E-state index contributed by atoms with van der Waals surface area (Å²) in [6.07, 6.45) is 0.261. The standard InChI is InChI=1S/C7H15F2N3/c1-7(8,9)4-3-5-12-6(10)11-2/h3-5H2,1-2H3,(H3,10,11,12). The van der Waals surface area contributed by atoms with Gasteiger partial charge >= 0.3 is 0 Å². The fourth-order valence-electron chi connectivity index (χ4n) is 0.694. The maximum absolute atomic E-state index is 12.2. The van der Waals surface area contributed by atoms with Crippen molar-refractivity contribution in [2.45, 2.75) is 25.7 Å². The molecule has 0 aromatic carbocycles. The van der Waals surface area contributed by atoms with Gasteiger partial charge in [-0.05, 0) is 13.3 Å². The van der Waals surface area contributed by atoms with Crippen LogP contribution in [-0.4, -0.2) is 25.5 Å². The average molecular weight is 179 g/mol. The van der Waals surface area contributed by atoms with Crippen molar-refractivity contribution >= 4 is 5.96 Å². The summed E-state index contributed by atoms with van der Waals surface area (Å²) in [6.45, 7) is 1.34. The first-order valence-corrected chi connectivity index (χ1v) is 3.79. The number of nitrogens with two attached hydrogens (primary N) is 1. The summed E-state index contributed by atoms with van der Waals surface area (Å²) >= 11 is 0. The van der Waals surface area contributed by atoms with Crippen molar-refractivity contribution in [1.29, 1.82) is 0 Å². The van der Waals surface area contributed by atoms with E-state index in [-0.39, 0.29) is 12.4 Å². The molecule has 0 aliphatic carbocycles. The van der Waals surface area contributed by atoms with Crippen LogP contribution >= 0.6 is 0 Å². The van der Waals surface area contributed by atoms with Crippen LogP contribution in [0.1, 0.15) is 19.8 Å². The lowest BCUT2D eigenvalue weighted by Crippen LogP contribution is -2.32. The topological polar surface area (TPSA) is 50.4 Å². The highest BCUT2D eigenvalue weighted by molar-refractivity contribution is 5.77. The predicted molar refractivity (Wildman–Crippen MR) is 45.4 cm³/mol. The van der Waals surface area contributed by atoms with Crippen LogP contribution < -0.4 is 11.1 Å². The molecule has 0 fully saturated rings. The molecule has 0 amide bonds. The zero-order valence-corrected chi connectivity index (χ0v) is 7.40. The number of alkyl halides is 2. The zero-order chi connectivity index (χ0) is 9.61. The fourth-order valence-corrected chi connectivity index (χ4v) is 0.694. The molecule has 72 valence electrons. The number of aliphatic imine (C=N–C) groups is 1. The van der Waals surface area contributed by atoms with E-state index >= 15 is 0 Å². The molecule has 3 nitrogen and oxygen atoms in total. The summed E-state index contributed by atoms with van der Waals surface area (Å²) < 4.78 is 24.5. The van der Waals surface area contributed by atoms with Crippen LogP contribution in [0.5, 0.6) is 0 Å². The Kier molecular flexibility index (Phi) is 4.54. The SMILES string of the molecule is CN=C(N)NCCCC(C)(F)F. The molecule has 12 heavy (non-hydrogen) atoms. The van der Waals surface area contributed by atoms with E-state index in [0.29, 0.717) is 13.0 Å². The van der Waals surface area contributed by atoms with Crippen molar-refractivity contribution in [3.8, 4) is 0 Å².